The van der Waals surface area contributed by atoms with Gasteiger partial charge in [0.1, 0.15) is 29.0 Å². The minimum absolute atomic E-state index is 0.0503. The van der Waals surface area contributed by atoms with Gasteiger partial charge in [0.25, 0.3) is 0 Å². The van der Waals surface area contributed by atoms with Crippen LogP contribution in [0, 0.1) is 23.0 Å². The molecule has 0 N–H and O–H groups in total. The van der Waals surface area contributed by atoms with Gasteiger partial charge in [-0.3, -0.25) is 4.57 Å². The second kappa shape index (κ2) is 8.39. The van der Waals surface area contributed by atoms with Crippen LogP contribution < -0.4 is 4.90 Å². The van der Waals surface area contributed by atoms with Gasteiger partial charge in [-0.05, 0) is 49.2 Å². The third-order valence-corrected chi connectivity index (χ3v) is 5.91. The molecule has 2 aromatic heterocycles. The molecular formula is C25H21F2N5. The van der Waals surface area contributed by atoms with E-state index in [0.29, 0.717) is 22.6 Å². The van der Waals surface area contributed by atoms with Gasteiger partial charge in [-0.25, -0.2) is 18.7 Å². The van der Waals surface area contributed by atoms with Gasteiger partial charge in [0.2, 0.25) is 0 Å². The van der Waals surface area contributed by atoms with Crippen molar-refractivity contribution in [2.24, 2.45) is 0 Å². The molecule has 0 bridgehead atoms. The first kappa shape index (κ1) is 20.1. The Hall–Kier alpha value is -3.79. The third-order valence-electron chi connectivity index (χ3n) is 5.91. The fourth-order valence-corrected chi connectivity index (χ4v) is 4.33. The first-order valence-corrected chi connectivity index (χ1v) is 10.7. The molecule has 5 rings (SSSR count). The highest BCUT2D eigenvalue weighted by Gasteiger charge is 2.23. The number of para-hydroxylation sites is 1. The molecule has 0 aliphatic carbocycles. The number of aromatic nitrogens is 3. The largest absolute Gasteiger partial charge is 0.370 e. The zero-order valence-corrected chi connectivity index (χ0v) is 17.4. The summed E-state index contributed by atoms with van der Waals surface area (Å²) < 4.78 is 31.0. The van der Waals surface area contributed by atoms with Crippen LogP contribution in [0.5, 0.6) is 0 Å². The Morgan fingerprint density at radius 2 is 1.66 bits per heavy atom. The van der Waals surface area contributed by atoms with Gasteiger partial charge in [-0.15, -0.1) is 0 Å². The lowest BCUT2D eigenvalue weighted by Gasteiger charge is -2.22. The fourth-order valence-electron chi connectivity index (χ4n) is 4.33. The first-order valence-electron chi connectivity index (χ1n) is 10.7. The number of hydrogen-bond acceptors (Lipinski definition) is 4. The van der Waals surface area contributed by atoms with E-state index < -0.39 is 11.6 Å². The highest BCUT2D eigenvalue weighted by Crippen LogP contribution is 2.34. The minimum atomic E-state index is -0.641. The SMILES string of the molecule is N#Cc1ccc(-c2nc3c(N4CCCCCC4)ccnc3n2-c2ccccc2F)cc1F. The summed E-state index contributed by atoms with van der Waals surface area (Å²) in [6.45, 7) is 1.85. The van der Waals surface area contributed by atoms with E-state index >= 15 is 0 Å². The Morgan fingerprint density at radius 3 is 2.38 bits per heavy atom. The Labute approximate surface area is 184 Å². The predicted molar refractivity (Wildman–Crippen MR) is 120 cm³/mol. The maximum Gasteiger partial charge on any atom is 0.167 e. The Bertz CT molecular complexity index is 1330. The van der Waals surface area contributed by atoms with E-state index in [4.69, 9.17) is 10.2 Å². The van der Waals surface area contributed by atoms with Crippen molar-refractivity contribution < 1.29 is 8.78 Å². The molecule has 5 nitrogen and oxygen atoms in total. The number of benzene rings is 2. The summed E-state index contributed by atoms with van der Waals surface area (Å²) in [5.74, 6) is -0.690. The number of rotatable bonds is 3. The number of imidazole rings is 1. The van der Waals surface area contributed by atoms with E-state index in [1.54, 1.807) is 35.0 Å². The lowest BCUT2D eigenvalue weighted by Crippen LogP contribution is -2.24. The zero-order valence-electron chi connectivity index (χ0n) is 17.4. The van der Waals surface area contributed by atoms with E-state index in [9.17, 15) is 8.78 Å². The van der Waals surface area contributed by atoms with Crippen molar-refractivity contribution in [3.8, 4) is 23.1 Å². The summed E-state index contributed by atoms with van der Waals surface area (Å²) in [7, 11) is 0. The molecule has 1 aliphatic heterocycles. The van der Waals surface area contributed by atoms with Crippen LogP contribution in [0.2, 0.25) is 0 Å². The second-order valence-electron chi connectivity index (χ2n) is 7.93. The van der Waals surface area contributed by atoms with E-state index in [-0.39, 0.29) is 11.3 Å². The van der Waals surface area contributed by atoms with E-state index in [0.717, 1.165) is 31.6 Å². The van der Waals surface area contributed by atoms with Crippen LogP contribution in [0.25, 0.3) is 28.2 Å². The summed E-state index contributed by atoms with van der Waals surface area (Å²) >= 11 is 0. The van der Waals surface area contributed by atoms with Gasteiger partial charge in [0.15, 0.2) is 5.65 Å². The summed E-state index contributed by atoms with van der Waals surface area (Å²) in [6.07, 6.45) is 6.32. The molecule has 1 saturated heterocycles. The average molecular weight is 429 g/mol. The number of halogens is 2. The van der Waals surface area contributed by atoms with Crippen LogP contribution in [-0.4, -0.2) is 27.6 Å². The van der Waals surface area contributed by atoms with Crippen LogP contribution in [0.1, 0.15) is 31.2 Å². The quantitative estimate of drug-likeness (QED) is 0.424. The highest BCUT2D eigenvalue weighted by molar-refractivity contribution is 5.90. The number of hydrogen-bond donors (Lipinski definition) is 0. The molecule has 2 aromatic carbocycles. The number of nitriles is 1. The lowest BCUT2D eigenvalue weighted by molar-refractivity contribution is 0.619. The van der Waals surface area contributed by atoms with Gasteiger partial charge in [0.05, 0.1) is 16.9 Å². The average Bonchev–Trinajstić information content (AvgIpc) is 2.99. The van der Waals surface area contributed by atoms with Gasteiger partial charge >= 0.3 is 0 Å². The predicted octanol–water partition coefficient (Wildman–Crippen LogP) is 5.62. The molecule has 0 atom stereocenters. The van der Waals surface area contributed by atoms with Crippen LogP contribution in [0.4, 0.5) is 14.5 Å². The Morgan fingerprint density at radius 1 is 0.875 bits per heavy atom. The molecule has 0 radical (unpaired) electrons. The van der Waals surface area contributed by atoms with Gasteiger partial charge in [-0.2, -0.15) is 5.26 Å². The van der Waals surface area contributed by atoms with E-state index in [2.05, 4.69) is 9.88 Å². The molecule has 0 unspecified atom stereocenters. The summed E-state index contributed by atoms with van der Waals surface area (Å²) in [6, 6.07) is 14.5. The maximum absolute atomic E-state index is 14.9. The summed E-state index contributed by atoms with van der Waals surface area (Å²) in [5, 5.41) is 9.09. The van der Waals surface area contributed by atoms with Crippen LogP contribution in [-0.2, 0) is 0 Å². The highest BCUT2D eigenvalue weighted by atomic mass is 19.1. The standard InChI is InChI=1S/C25H21F2N5/c26-19-7-3-4-8-21(19)32-24(17-9-10-18(16-28)20(27)15-17)30-23-22(11-12-29-25(23)32)31-13-5-1-2-6-14-31/h3-4,7-12,15H,1-2,5-6,13-14H2. The molecule has 7 heteroatoms. The zero-order chi connectivity index (χ0) is 22.1. The number of pyridine rings is 1. The van der Waals surface area contributed by atoms with Crippen molar-refractivity contribution in [3.63, 3.8) is 0 Å². The second-order valence-corrected chi connectivity index (χ2v) is 7.93. The van der Waals surface area contributed by atoms with Gasteiger partial charge < -0.3 is 4.90 Å². The number of fused-ring (bicyclic) bond motifs is 1. The maximum atomic E-state index is 14.9. The molecule has 160 valence electrons. The molecule has 4 aromatic rings. The molecular weight excluding hydrogens is 408 g/mol. The molecule has 0 spiro atoms. The van der Waals surface area contributed by atoms with Gasteiger partial charge in [0, 0.05) is 24.8 Å². The monoisotopic (exact) mass is 429 g/mol. The van der Waals surface area contributed by atoms with E-state index in [1.165, 1.54) is 31.0 Å². The topological polar surface area (TPSA) is 57.7 Å². The van der Waals surface area contributed by atoms with Crippen molar-refractivity contribution in [3.05, 3.63) is 71.9 Å². The first-order chi connectivity index (χ1) is 15.7. The molecule has 3 heterocycles. The molecule has 1 aliphatic rings. The number of nitrogens with zero attached hydrogens (tertiary/aromatic N) is 5. The third kappa shape index (κ3) is 3.48. The minimum Gasteiger partial charge on any atom is -0.370 e. The van der Waals surface area contributed by atoms with Crippen molar-refractivity contribution >= 4 is 16.9 Å². The smallest absolute Gasteiger partial charge is 0.167 e. The summed E-state index contributed by atoms with van der Waals surface area (Å²) in [5.41, 5.74) is 2.79. The van der Waals surface area contributed by atoms with Crippen LogP contribution in [0.3, 0.4) is 0 Å². The molecule has 32 heavy (non-hydrogen) atoms. The van der Waals surface area contributed by atoms with Crippen molar-refractivity contribution in [1.82, 2.24) is 14.5 Å². The molecule has 1 fully saturated rings. The molecule has 0 amide bonds. The Kier molecular flexibility index (Phi) is 5.28. The van der Waals surface area contributed by atoms with Crippen molar-refractivity contribution in [2.45, 2.75) is 25.7 Å². The number of anilines is 1. The lowest BCUT2D eigenvalue weighted by atomic mass is 10.1. The fraction of sp³-hybridized carbons (Fsp3) is 0.240. The Balaban J connectivity index is 1.78. The van der Waals surface area contributed by atoms with Crippen LogP contribution >= 0.6 is 0 Å². The van der Waals surface area contributed by atoms with Crippen molar-refractivity contribution in [1.29, 1.82) is 5.26 Å². The normalized spacial score (nSPS) is 14.3. The van der Waals surface area contributed by atoms with Gasteiger partial charge in [-0.1, -0.05) is 25.0 Å². The van der Waals surface area contributed by atoms with E-state index in [1.807, 2.05) is 12.1 Å². The summed E-state index contributed by atoms with van der Waals surface area (Å²) in [4.78, 5) is 11.7. The molecule has 0 saturated carbocycles. The van der Waals surface area contributed by atoms with Crippen molar-refractivity contribution in [2.75, 3.05) is 18.0 Å². The van der Waals surface area contributed by atoms with Crippen LogP contribution in [0.15, 0.2) is 54.7 Å².